The van der Waals surface area contributed by atoms with Crippen molar-refractivity contribution in [3.05, 3.63) is 22.4 Å². The predicted molar refractivity (Wildman–Crippen MR) is 49.5 cm³/mol. The second-order valence-electron chi connectivity index (χ2n) is 3.06. The lowest BCUT2D eigenvalue weighted by molar-refractivity contribution is -0.136. The summed E-state index contributed by atoms with van der Waals surface area (Å²) in [4.78, 5) is 24.9. The second-order valence-corrected chi connectivity index (χ2v) is 4.04. The molecule has 1 aliphatic rings. The molecular weight excluding hydrogens is 186 g/mol. The lowest BCUT2D eigenvalue weighted by atomic mass is 10.1. The molecule has 0 bridgehead atoms. The van der Waals surface area contributed by atoms with Crippen LogP contribution in [0.1, 0.15) is 17.2 Å². The lowest BCUT2D eigenvalue weighted by Gasteiger charge is -2.06. The molecule has 68 valence electrons. The zero-order valence-electron chi connectivity index (χ0n) is 7.19. The van der Waals surface area contributed by atoms with E-state index in [1.165, 1.54) is 23.3 Å². The fraction of sp³-hybridized carbons (Fsp3) is 0.333. The average Bonchev–Trinajstić information content (AvgIpc) is 2.70. The minimum atomic E-state index is -0.225. The number of rotatable bonds is 1. The van der Waals surface area contributed by atoms with Crippen LogP contribution in [0.3, 0.4) is 0 Å². The van der Waals surface area contributed by atoms with E-state index < -0.39 is 0 Å². The Kier molecular flexibility index (Phi) is 1.92. The number of carbonyl (C=O) groups excluding carboxylic acids is 2. The molecule has 1 atom stereocenters. The fourth-order valence-electron chi connectivity index (χ4n) is 1.47. The van der Waals surface area contributed by atoms with Gasteiger partial charge in [0.25, 0.3) is 0 Å². The van der Waals surface area contributed by atoms with E-state index in [-0.39, 0.29) is 17.7 Å². The van der Waals surface area contributed by atoms with Crippen LogP contribution in [-0.2, 0) is 9.59 Å². The van der Waals surface area contributed by atoms with E-state index in [4.69, 9.17) is 0 Å². The minimum Gasteiger partial charge on any atom is -0.285 e. The molecular formula is C9H9NO2S. The fourth-order valence-corrected chi connectivity index (χ4v) is 2.29. The topological polar surface area (TPSA) is 37.4 Å². The number of likely N-dealkylation sites (tertiary alicyclic amines) is 1. The van der Waals surface area contributed by atoms with Gasteiger partial charge in [-0.05, 0) is 11.4 Å². The first kappa shape index (κ1) is 8.44. The Hall–Kier alpha value is -1.16. The molecule has 0 radical (unpaired) electrons. The number of thiophene rings is 1. The Morgan fingerprint density at radius 3 is 2.77 bits per heavy atom. The van der Waals surface area contributed by atoms with Gasteiger partial charge in [-0.25, -0.2) is 0 Å². The highest BCUT2D eigenvalue weighted by atomic mass is 32.1. The molecule has 1 aromatic rings. The number of likely N-dealkylation sites (N-methyl/N-ethyl adjacent to an activating group) is 1. The maximum Gasteiger partial charge on any atom is 0.237 e. The summed E-state index contributed by atoms with van der Waals surface area (Å²) in [5.41, 5.74) is 0. The van der Waals surface area contributed by atoms with Gasteiger partial charge >= 0.3 is 0 Å². The normalized spacial score (nSPS) is 22.8. The third-order valence-corrected chi connectivity index (χ3v) is 3.25. The van der Waals surface area contributed by atoms with Gasteiger partial charge < -0.3 is 0 Å². The summed E-state index contributed by atoms with van der Waals surface area (Å²) < 4.78 is 0. The van der Waals surface area contributed by atoms with Crippen molar-refractivity contribution in [2.45, 2.75) is 12.3 Å². The molecule has 0 spiro atoms. The molecule has 2 rings (SSSR count). The molecule has 1 fully saturated rings. The highest BCUT2D eigenvalue weighted by Gasteiger charge is 2.37. The van der Waals surface area contributed by atoms with E-state index in [9.17, 15) is 9.59 Å². The number of hydrogen-bond donors (Lipinski definition) is 0. The molecule has 1 saturated heterocycles. The molecule has 0 N–H and O–H groups in total. The van der Waals surface area contributed by atoms with Gasteiger partial charge in [0.05, 0.1) is 5.92 Å². The van der Waals surface area contributed by atoms with Crippen LogP contribution in [0.25, 0.3) is 0 Å². The van der Waals surface area contributed by atoms with Gasteiger partial charge in [-0.15, -0.1) is 11.3 Å². The van der Waals surface area contributed by atoms with Gasteiger partial charge in [0.2, 0.25) is 11.8 Å². The van der Waals surface area contributed by atoms with Crippen molar-refractivity contribution in [2.75, 3.05) is 7.05 Å². The largest absolute Gasteiger partial charge is 0.285 e. The molecule has 1 aromatic heterocycles. The van der Waals surface area contributed by atoms with E-state index in [0.29, 0.717) is 6.42 Å². The van der Waals surface area contributed by atoms with Crippen LogP contribution < -0.4 is 0 Å². The van der Waals surface area contributed by atoms with Gasteiger partial charge in [-0.3, -0.25) is 14.5 Å². The van der Waals surface area contributed by atoms with Gasteiger partial charge in [-0.1, -0.05) is 6.07 Å². The van der Waals surface area contributed by atoms with Gasteiger partial charge in [0.1, 0.15) is 0 Å². The summed E-state index contributed by atoms with van der Waals surface area (Å²) in [5.74, 6) is -0.381. The highest BCUT2D eigenvalue weighted by Crippen LogP contribution is 2.31. The van der Waals surface area contributed by atoms with Crippen molar-refractivity contribution in [1.82, 2.24) is 4.90 Å². The summed E-state index contributed by atoms with van der Waals surface area (Å²) in [6.45, 7) is 0. The number of nitrogens with zero attached hydrogens (tertiary/aromatic N) is 1. The van der Waals surface area contributed by atoms with Crippen molar-refractivity contribution in [3.8, 4) is 0 Å². The van der Waals surface area contributed by atoms with Crippen molar-refractivity contribution in [3.63, 3.8) is 0 Å². The monoisotopic (exact) mass is 195 g/mol. The smallest absolute Gasteiger partial charge is 0.237 e. The van der Waals surface area contributed by atoms with Crippen molar-refractivity contribution in [1.29, 1.82) is 0 Å². The Labute approximate surface area is 80.0 Å². The first-order valence-electron chi connectivity index (χ1n) is 4.04. The Balaban J connectivity index is 2.29. The van der Waals surface area contributed by atoms with E-state index in [1.54, 1.807) is 0 Å². The van der Waals surface area contributed by atoms with Crippen LogP contribution in [0.4, 0.5) is 0 Å². The van der Waals surface area contributed by atoms with Crippen LogP contribution in [0, 0.1) is 0 Å². The summed E-state index contributed by atoms with van der Waals surface area (Å²) >= 11 is 1.53. The zero-order valence-corrected chi connectivity index (χ0v) is 8.00. The molecule has 0 aromatic carbocycles. The summed E-state index contributed by atoms with van der Waals surface area (Å²) in [6, 6.07) is 3.80. The average molecular weight is 195 g/mol. The molecule has 0 saturated carbocycles. The standard InChI is InChI=1S/C9H9NO2S/c1-10-8(11)5-6(9(10)12)7-3-2-4-13-7/h2-4,6H,5H2,1H3. The lowest BCUT2D eigenvalue weighted by Crippen LogP contribution is -2.25. The van der Waals surface area contributed by atoms with Gasteiger partial charge in [-0.2, -0.15) is 0 Å². The van der Waals surface area contributed by atoms with E-state index >= 15 is 0 Å². The second kappa shape index (κ2) is 2.96. The SMILES string of the molecule is CN1C(=O)CC(c2cccs2)C1=O. The molecule has 4 heteroatoms. The van der Waals surface area contributed by atoms with Crippen molar-refractivity contribution >= 4 is 23.2 Å². The first-order chi connectivity index (χ1) is 6.20. The number of amides is 2. The van der Waals surface area contributed by atoms with Crippen LogP contribution in [0.15, 0.2) is 17.5 Å². The molecule has 1 unspecified atom stereocenters. The van der Waals surface area contributed by atoms with E-state index in [1.807, 2.05) is 17.5 Å². The Morgan fingerprint density at radius 2 is 2.31 bits per heavy atom. The van der Waals surface area contributed by atoms with Crippen molar-refractivity contribution in [2.24, 2.45) is 0 Å². The van der Waals surface area contributed by atoms with E-state index in [2.05, 4.69) is 0 Å². The Bertz CT molecular complexity index is 345. The maximum absolute atomic E-state index is 11.5. The molecule has 2 amide bonds. The molecule has 3 nitrogen and oxygen atoms in total. The predicted octanol–water partition coefficient (Wildman–Crippen LogP) is 1.22. The summed E-state index contributed by atoms with van der Waals surface area (Å²) in [6.07, 6.45) is 0.329. The quantitative estimate of drug-likeness (QED) is 0.632. The van der Waals surface area contributed by atoms with E-state index in [0.717, 1.165) is 4.88 Å². The molecule has 1 aliphatic heterocycles. The van der Waals surface area contributed by atoms with Gasteiger partial charge in [0, 0.05) is 18.3 Å². The number of carbonyl (C=O) groups is 2. The number of hydrogen-bond acceptors (Lipinski definition) is 3. The first-order valence-corrected chi connectivity index (χ1v) is 4.92. The molecule has 2 heterocycles. The summed E-state index contributed by atoms with van der Waals surface area (Å²) in [5, 5.41) is 1.92. The maximum atomic E-state index is 11.5. The third-order valence-electron chi connectivity index (χ3n) is 2.27. The number of imide groups is 1. The van der Waals surface area contributed by atoms with Crippen LogP contribution >= 0.6 is 11.3 Å². The third kappa shape index (κ3) is 1.27. The van der Waals surface area contributed by atoms with Crippen LogP contribution in [-0.4, -0.2) is 23.8 Å². The van der Waals surface area contributed by atoms with Crippen LogP contribution in [0.5, 0.6) is 0 Å². The highest BCUT2D eigenvalue weighted by molar-refractivity contribution is 7.10. The summed E-state index contributed by atoms with van der Waals surface area (Å²) in [7, 11) is 1.54. The molecule has 13 heavy (non-hydrogen) atoms. The zero-order chi connectivity index (χ0) is 9.42. The van der Waals surface area contributed by atoms with Crippen molar-refractivity contribution < 1.29 is 9.59 Å². The Morgan fingerprint density at radius 1 is 1.54 bits per heavy atom. The molecule has 0 aliphatic carbocycles. The van der Waals surface area contributed by atoms with Crippen LogP contribution in [0.2, 0.25) is 0 Å². The van der Waals surface area contributed by atoms with Gasteiger partial charge in [0.15, 0.2) is 0 Å². The minimum absolute atomic E-state index is 0.0764.